The number of ether oxygens (including phenoxy) is 7. The Balaban J connectivity index is 6.91. The lowest BCUT2D eigenvalue weighted by molar-refractivity contribution is -0.242. The molecule has 0 aliphatic heterocycles. The SMILES string of the molecule is CCCCCC(OCCC)=C(OCCC)C(OCCCC)OC(OCCCC)C(OCCC)=C(CCCCC)OCCC. The van der Waals surface area contributed by atoms with Crippen LogP contribution in [0, 0.1) is 0 Å². The molecular formula is C36H70O7. The van der Waals surface area contributed by atoms with Gasteiger partial charge in [-0.3, -0.25) is 0 Å². The van der Waals surface area contributed by atoms with Gasteiger partial charge in [0.25, 0.3) is 0 Å². The van der Waals surface area contributed by atoms with E-state index in [1.54, 1.807) is 0 Å². The second kappa shape index (κ2) is 30.6. The number of hydrogen-bond donors (Lipinski definition) is 0. The fraction of sp³-hybridized carbons (Fsp3) is 0.889. The number of unbranched alkanes of at least 4 members (excludes halogenated alkanes) is 6. The molecule has 7 nitrogen and oxygen atoms in total. The van der Waals surface area contributed by atoms with Crippen LogP contribution in [0.3, 0.4) is 0 Å². The third-order valence-corrected chi connectivity index (χ3v) is 6.66. The van der Waals surface area contributed by atoms with E-state index in [0.29, 0.717) is 51.2 Å². The van der Waals surface area contributed by atoms with Crippen molar-refractivity contribution in [3.8, 4) is 0 Å². The van der Waals surface area contributed by atoms with Crippen molar-refractivity contribution in [1.29, 1.82) is 0 Å². The summed E-state index contributed by atoms with van der Waals surface area (Å²) in [6, 6.07) is 0. The molecule has 0 fully saturated rings. The smallest absolute Gasteiger partial charge is 0.223 e. The Bertz CT molecular complexity index is 621. The predicted molar refractivity (Wildman–Crippen MR) is 178 cm³/mol. The molecule has 2 atom stereocenters. The summed E-state index contributed by atoms with van der Waals surface area (Å²) in [4.78, 5) is 0. The first-order chi connectivity index (χ1) is 21.1. The van der Waals surface area contributed by atoms with Crippen LogP contribution < -0.4 is 0 Å². The Labute approximate surface area is 266 Å². The van der Waals surface area contributed by atoms with E-state index in [9.17, 15) is 0 Å². The highest BCUT2D eigenvalue weighted by Crippen LogP contribution is 2.29. The lowest BCUT2D eigenvalue weighted by atomic mass is 10.1. The molecule has 0 aromatic carbocycles. The minimum atomic E-state index is -0.790. The van der Waals surface area contributed by atoms with E-state index in [4.69, 9.17) is 33.2 Å². The van der Waals surface area contributed by atoms with Crippen LogP contribution in [0.1, 0.15) is 158 Å². The Kier molecular flexibility index (Phi) is 29.6. The van der Waals surface area contributed by atoms with E-state index < -0.39 is 12.6 Å². The summed E-state index contributed by atoms with van der Waals surface area (Å²) >= 11 is 0. The molecule has 43 heavy (non-hydrogen) atoms. The average Bonchev–Trinajstić information content (AvgIpc) is 3.01. The summed E-state index contributed by atoms with van der Waals surface area (Å²) in [6.45, 7) is 20.7. The summed E-state index contributed by atoms with van der Waals surface area (Å²) in [5, 5.41) is 0. The van der Waals surface area contributed by atoms with Crippen molar-refractivity contribution in [2.75, 3.05) is 39.6 Å². The van der Waals surface area contributed by atoms with Crippen molar-refractivity contribution in [2.24, 2.45) is 0 Å². The van der Waals surface area contributed by atoms with E-state index in [1.807, 2.05) is 0 Å². The molecule has 2 unspecified atom stereocenters. The molecule has 0 spiro atoms. The first-order valence-electron chi connectivity index (χ1n) is 17.9. The Morgan fingerprint density at radius 3 is 1.05 bits per heavy atom. The Hall–Kier alpha value is -1.44. The first-order valence-corrected chi connectivity index (χ1v) is 17.9. The maximum absolute atomic E-state index is 6.83. The van der Waals surface area contributed by atoms with Gasteiger partial charge in [-0.05, 0) is 51.4 Å². The highest BCUT2D eigenvalue weighted by atomic mass is 16.8. The van der Waals surface area contributed by atoms with E-state index in [0.717, 1.165) is 114 Å². The number of allylic oxidation sites excluding steroid dienone is 2. The third-order valence-electron chi connectivity index (χ3n) is 6.66. The van der Waals surface area contributed by atoms with Crippen LogP contribution in [0.2, 0.25) is 0 Å². The standard InChI is InChI=1S/C36H70O7/c1-9-17-21-23-31(37-25-13-5)33(39-27-15-7)35(41-29-19-11-3)43-36(42-30-20-12-4)34(40-28-16-8)32(38-26-14-6)24-22-18-10-2/h35-36H,9-30H2,1-8H3. The molecule has 0 aliphatic carbocycles. The Morgan fingerprint density at radius 1 is 0.372 bits per heavy atom. The van der Waals surface area contributed by atoms with Crippen LogP contribution in [0.15, 0.2) is 23.0 Å². The van der Waals surface area contributed by atoms with Crippen molar-refractivity contribution in [3.05, 3.63) is 23.0 Å². The zero-order chi connectivity index (χ0) is 32.0. The maximum atomic E-state index is 6.83. The van der Waals surface area contributed by atoms with Crippen LogP contribution in [0.5, 0.6) is 0 Å². The predicted octanol–water partition coefficient (Wildman–Crippen LogP) is 10.6. The fourth-order valence-corrected chi connectivity index (χ4v) is 4.17. The molecule has 0 heterocycles. The summed E-state index contributed by atoms with van der Waals surface area (Å²) in [7, 11) is 0. The molecule has 0 amide bonds. The third kappa shape index (κ3) is 20.3. The molecule has 0 N–H and O–H groups in total. The maximum Gasteiger partial charge on any atom is 0.223 e. The number of hydrogen-bond acceptors (Lipinski definition) is 7. The second-order valence-corrected chi connectivity index (χ2v) is 11.1. The van der Waals surface area contributed by atoms with Gasteiger partial charge in [0, 0.05) is 12.8 Å². The Morgan fingerprint density at radius 2 is 0.721 bits per heavy atom. The average molecular weight is 615 g/mol. The van der Waals surface area contributed by atoms with E-state index >= 15 is 0 Å². The monoisotopic (exact) mass is 615 g/mol. The van der Waals surface area contributed by atoms with Gasteiger partial charge in [0.05, 0.1) is 39.6 Å². The molecule has 0 aromatic heterocycles. The topological polar surface area (TPSA) is 64.6 Å². The van der Waals surface area contributed by atoms with Gasteiger partial charge in [0.2, 0.25) is 12.6 Å². The zero-order valence-electron chi connectivity index (χ0n) is 29.6. The van der Waals surface area contributed by atoms with Crippen LogP contribution in [-0.4, -0.2) is 52.2 Å². The van der Waals surface area contributed by atoms with Gasteiger partial charge in [-0.2, -0.15) is 0 Å². The highest BCUT2D eigenvalue weighted by molar-refractivity contribution is 5.09. The second-order valence-electron chi connectivity index (χ2n) is 11.1. The van der Waals surface area contributed by atoms with Crippen LogP contribution in [-0.2, 0) is 33.2 Å². The lowest BCUT2D eigenvalue weighted by Gasteiger charge is -2.30. The van der Waals surface area contributed by atoms with Crippen molar-refractivity contribution in [1.82, 2.24) is 0 Å². The largest absolute Gasteiger partial charge is 0.494 e. The molecule has 0 aromatic rings. The molecule has 0 saturated heterocycles. The van der Waals surface area contributed by atoms with E-state index in [-0.39, 0.29) is 0 Å². The lowest BCUT2D eigenvalue weighted by Crippen LogP contribution is -2.34. The number of rotatable bonds is 32. The van der Waals surface area contributed by atoms with Crippen LogP contribution in [0.25, 0.3) is 0 Å². The summed E-state index contributed by atoms with van der Waals surface area (Å²) in [6.07, 6.45) is 14.0. The molecule has 0 radical (unpaired) electrons. The molecule has 0 aliphatic rings. The molecule has 0 rings (SSSR count). The normalized spacial score (nSPS) is 14.1. The summed E-state index contributed by atoms with van der Waals surface area (Å²) in [5.74, 6) is 2.90. The van der Waals surface area contributed by atoms with Crippen molar-refractivity contribution in [2.45, 2.75) is 171 Å². The highest BCUT2D eigenvalue weighted by Gasteiger charge is 2.32. The van der Waals surface area contributed by atoms with Gasteiger partial charge < -0.3 is 33.2 Å². The van der Waals surface area contributed by atoms with Crippen molar-refractivity contribution in [3.63, 3.8) is 0 Å². The van der Waals surface area contributed by atoms with Crippen molar-refractivity contribution < 1.29 is 33.2 Å². The molecule has 0 saturated carbocycles. The molecular weight excluding hydrogens is 544 g/mol. The van der Waals surface area contributed by atoms with Gasteiger partial charge in [0.1, 0.15) is 11.5 Å². The van der Waals surface area contributed by atoms with Crippen molar-refractivity contribution >= 4 is 0 Å². The quantitative estimate of drug-likeness (QED) is 0.0424. The van der Waals surface area contributed by atoms with Gasteiger partial charge in [-0.15, -0.1) is 0 Å². The van der Waals surface area contributed by atoms with Crippen LogP contribution >= 0.6 is 0 Å². The first kappa shape index (κ1) is 41.6. The van der Waals surface area contributed by atoms with E-state index in [2.05, 4.69) is 55.4 Å². The van der Waals surface area contributed by atoms with Gasteiger partial charge >= 0.3 is 0 Å². The van der Waals surface area contributed by atoms with Gasteiger partial charge in [-0.25, -0.2) is 0 Å². The van der Waals surface area contributed by atoms with Crippen LogP contribution in [0.4, 0.5) is 0 Å². The minimum absolute atomic E-state index is 0.544. The molecule has 0 bridgehead atoms. The molecule has 7 heteroatoms. The summed E-state index contributed by atoms with van der Waals surface area (Å²) in [5.41, 5.74) is 0. The molecule has 256 valence electrons. The fourth-order valence-electron chi connectivity index (χ4n) is 4.17. The van der Waals surface area contributed by atoms with Gasteiger partial charge in [-0.1, -0.05) is 93.9 Å². The summed E-state index contributed by atoms with van der Waals surface area (Å²) < 4.78 is 45.3. The minimum Gasteiger partial charge on any atom is -0.494 e. The van der Waals surface area contributed by atoms with E-state index in [1.165, 1.54) is 0 Å². The van der Waals surface area contributed by atoms with Gasteiger partial charge in [0.15, 0.2) is 11.5 Å². The zero-order valence-corrected chi connectivity index (χ0v) is 29.6.